The lowest BCUT2D eigenvalue weighted by atomic mass is 10.0. The third kappa shape index (κ3) is 5.00. The van der Waals surface area contributed by atoms with Crippen LogP contribution in [0.2, 0.25) is 0 Å². The normalized spacial score (nSPS) is 12.8. The van der Waals surface area contributed by atoms with Crippen molar-refractivity contribution in [2.45, 2.75) is 32.4 Å². The first kappa shape index (κ1) is 15.7. The minimum absolute atomic E-state index is 0.0504. The molecule has 2 nitrogen and oxygen atoms in total. The Morgan fingerprint density at radius 3 is 1.76 bits per heavy atom. The fourth-order valence-electron chi connectivity index (χ4n) is 2.53. The van der Waals surface area contributed by atoms with Gasteiger partial charge in [-0.25, -0.2) is 0 Å². The number of hydrogen-bond donors (Lipinski definition) is 1. The summed E-state index contributed by atoms with van der Waals surface area (Å²) >= 11 is 0. The minimum Gasteiger partial charge on any atom is -0.367 e. The number of rotatable bonds is 7. The zero-order valence-electron chi connectivity index (χ0n) is 12.9. The highest BCUT2D eigenvalue weighted by atomic mass is 16.5. The zero-order valence-corrected chi connectivity index (χ0v) is 12.9. The van der Waals surface area contributed by atoms with E-state index in [2.05, 4.69) is 38.1 Å². The monoisotopic (exact) mass is 283 g/mol. The van der Waals surface area contributed by atoms with E-state index in [1.807, 2.05) is 36.4 Å². The average Bonchev–Trinajstić information content (AvgIpc) is 2.49. The lowest BCUT2D eigenvalue weighted by Gasteiger charge is -2.22. The van der Waals surface area contributed by atoms with Crippen LogP contribution in [0.5, 0.6) is 0 Å². The third-order valence-corrected chi connectivity index (χ3v) is 3.46. The van der Waals surface area contributed by atoms with E-state index in [1.165, 1.54) is 11.1 Å². The molecule has 0 bridgehead atoms. The lowest BCUT2D eigenvalue weighted by molar-refractivity contribution is 0.0657. The van der Waals surface area contributed by atoms with Crippen molar-refractivity contribution in [2.75, 3.05) is 6.61 Å². The van der Waals surface area contributed by atoms with Crippen LogP contribution in [0.25, 0.3) is 0 Å². The second-order valence-electron chi connectivity index (χ2n) is 5.92. The summed E-state index contributed by atoms with van der Waals surface area (Å²) in [5, 5.41) is 0. The van der Waals surface area contributed by atoms with Gasteiger partial charge in [-0.15, -0.1) is 0 Å². The van der Waals surface area contributed by atoms with E-state index >= 15 is 0 Å². The molecular weight excluding hydrogens is 258 g/mol. The standard InChI is InChI=1S/C19H25NO/c1-15(2)13-18(20)14-21-19(16-9-5-3-6-10-16)17-11-7-4-8-12-17/h3-12,15,18-19H,13-14,20H2,1-2H3. The lowest BCUT2D eigenvalue weighted by Crippen LogP contribution is -2.29. The van der Waals surface area contributed by atoms with Crippen molar-refractivity contribution >= 4 is 0 Å². The van der Waals surface area contributed by atoms with Crippen LogP contribution in [0.15, 0.2) is 60.7 Å². The molecule has 0 amide bonds. The second-order valence-corrected chi connectivity index (χ2v) is 5.92. The van der Waals surface area contributed by atoms with Crippen LogP contribution in [0, 0.1) is 5.92 Å². The molecule has 2 aromatic carbocycles. The minimum atomic E-state index is -0.0504. The molecule has 0 saturated carbocycles. The molecule has 2 heteroatoms. The predicted molar refractivity (Wildman–Crippen MR) is 88.1 cm³/mol. The van der Waals surface area contributed by atoms with E-state index in [9.17, 15) is 0 Å². The molecule has 0 aromatic heterocycles. The van der Waals surface area contributed by atoms with Gasteiger partial charge < -0.3 is 10.5 Å². The Morgan fingerprint density at radius 1 is 0.857 bits per heavy atom. The molecule has 0 spiro atoms. The van der Waals surface area contributed by atoms with Gasteiger partial charge in [-0.05, 0) is 23.5 Å². The molecule has 0 aliphatic carbocycles. The van der Waals surface area contributed by atoms with Gasteiger partial charge in [-0.2, -0.15) is 0 Å². The van der Waals surface area contributed by atoms with Gasteiger partial charge in [0.15, 0.2) is 0 Å². The molecule has 0 radical (unpaired) electrons. The van der Waals surface area contributed by atoms with Gasteiger partial charge >= 0.3 is 0 Å². The maximum absolute atomic E-state index is 6.15. The van der Waals surface area contributed by atoms with Gasteiger partial charge in [0.1, 0.15) is 6.10 Å². The molecule has 0 saturated heterocycles. The number of ether oxygens (including phenoxy) is 1. The van der Waals surface area contributed by atoms with Crippen molar-refractivity contribution in [3.05, 3.63) is 71.8 Å². The molecule has 2 rings (SSSR count). The van der Waals surface area contributed by atoms with Crippen LogP contribution >= 0.6 is 0 Å². The first-order valence-corrected chi connectivity index (χ1v) is 7.64. The van der Waals surface area contributed by atoms with E-state index in [4.69, 9.17) is 10.5 Å². The fraction of sp³-hybridized carbons (Fsp3) is 0.368. The summed E-state index contributed by atoms with van der Waals surface area (Å²) in [6.45, 7) is 4.95. The van der Waals surface area contributed by atoms with Crippen molar-refractivity contribution in [1.82, 2.24) is 0 Å². The van der Waals surface area contributed by atoms with E-state index in [0.29, 0.717) is 12.5 Å². The summed E-state index contributed by atoms with van der Waals surface area (Å²) in [5.74, 6) is 0.593. The second kappa shape index (κ2) is 7.96. The summed E-state index contributed by atoms with van der Waals surface area (Å²) in [6.07, 6.45) is 0.932. The smallest absolute Gasteiger partial charge is 0.108 e. The van der Waals surface area contributed by atoms with E-state index in [-0.39, 0.29) is 12.1 Å². The Labute approximate surface area is 127 Å². The first-order valence-electron chi connectivity index (χ1n) is 7.64. The van der Waals surface area contributed by atoms with Gasteiger partial charge in [-0.1, -0.05) is 74.5 Å². The van der Waals surface area contributed by atoms with Crippen molar-refractivity contribution < 1.29 is 4.74 Å². The van der Waals surface area contributed by atoms with Crippen LogP contribution in [-0.4, -0.2) is 12.6 Å². The Morgan fingerprint density at radius 2 is 1.33 bits per heavy atom. The fourth-order valence-corrected chi connectivity index (χ4v) is 2.53. The van der Waals surface area contributed by atoms with Crippen LogP contribution in [-0.2, 0) is 4.74 Å². The quantitative estimate of drug-likeness (QED) is 0.828. The SMILES string of the molecule is CC(C)CC(N)COC(c1ccccc1)c1ccccc1. The van der Waals surface area contributed by atoms with Crippen molar-refractivity contribution in [1.29, 1.82) is 0 Å². The topological polar surface area (TPSA) is 35.2 Å². The average molecular weight is 283 g/mol. The predicted octanol–water partition coefficient (Wildman–Crippen LogP) is 4.17. The molecule has 0 fully saturated rings. The largest absolute Gasteiger partial charge is 0.367 e. The molecular formula is C19H25NO. The van der Waals surface area contributed by atoms with E-state index in [0.717, 1.165) is 6.42 Å². The summed E-state index contributed by atoms with van der Waals surface area (Å²) in [6, 6.07) is 20.7. The Kier molecular flexibility index (Phi) is 5.97. The zero-order chi connectivity index (χ0) is 15.1. The summed E-state index contributed by atoms with van der Waals surface area (Å²) in [5.41, 5.74) is 8.49. The maximum Gasteiger partial charge on any atom is 0.108 e. The highest BCUT2D eigenvalue weighted by molar-refractivity contribution is 5.29. The number of hydrogen-bond acceptors (Lipinski definition) is 2. The highest BCUT2D eigenvalue weighted by Crippen LogP contribution is 2.26. The van der Waals surface area contributed by atoms with Crippen molar-refractivity contribution in [3.63, 3.8) is 0 Å². The van der Waals surface area contributed by atoms with Gasteiger partial charge in [0.25, 0.3) is 0 Å². The number of nitrogens with two attached hydrogens (primary N) is 1. The Balaban J connectivity index is 2.10. The number of benzene rings is 2. The molecule has 0 aliphatic heterocycles. The molecule has 21 heavy (non-hydrogen) atoms. The van der Waals surface area contributed by atoms with Crippen molar-refractivity contribution in [2.24, 2.45) is 11.7 Å². The molecule has 1 unspecified atom stereocenters. The van der Waals surface area contributed by atoms with E-state index < -0.39 is 0 Å². The van der Waals surface area contributed by atoms with Crippen LogP contribution in [0.1, 0.15) is 37.5 Å². The molecule has 0 heterocycles. The Bertz CT molecular complexity index is 470. The van der Waals surface area contributed by atoms with Crippen LogP contribution < -0.4 is 5.73 Å². The van der Waals surface area contributed by atoms with E-state index in [1.54, 1.807) is 0 Å². The first-order chi connectivity index (χ1) is 10.2. The van der Waals surface area contributed by atoms with Gasteiger partial charge in [0.05, 0.1) is 6.61 Å². The highest BCUT2D eigenvalue weighted by Gasteiger charge is 2.16. The Hall–Kier alpha value is -1.64. The summed E-state index contributed by atoms with van der Waals surface area (Å²) in [7, 11) is 0. The maximum atomic E-state index is 6.15. The summed E-state index contributed by atoms with van der Waals surface area (Å²) < 4.78 is 6.15. The summed E-state index contributed by atoms with van der Waals surface area (Å²) in [4.78, 5) is 0. The molecule has 112 valence electrons. The van der Waals surface area contributed by atoms with Gasteiger partial charge in [-0.3, -0.25) is 0 Å². The molecule has 2 aromatic rings. The van der Waals surface area contributed by atoms with Gasteiger partial charge in [0.2, 0.25) is 0 Å². The third-order valence-electron chi connectivity index (χ3n) is 3.46. The van der Waals surface area contributed by atoms with Crippen LogP contribution in [0.3, 0.4) is 0 Å². The van der Waals surface area contributed by atoms with Gasteiger partial charge in [0, 0.05) is 6.04 Å². The molecule has 1 atom stereocenters. The van der Waals surface area contributed by atoms with Crippen molar-refractivity contribution in [3.8, 4) is 0 Å². The molecule has 0 aliphatic rings. The molecule has 2 N–H and O–H groups in total. The van der Waals surface area contributed by atoms with Crippen LogP contribution in [0.4, 0.5) is 0 Å².